The highest BCUT2D eigenvalue weighted by Gasteiger charge is 2.60. The summed E-state index contributed by atoms with van der Waals surface area (Å²) >= 11 is 0. The first-order valence-corrected chi connectivity index (χ1v) is 6.39. The molecule has 1 amide bonds. The van der Waals surface area contributed by atoms with E-state index in [1.54, 1.807) is 0 Å². The van der Waals surface area contributed by atoms with Crippen LogP contribution in [-0.4, -0.2) is 23.0 Å². The number of hydrogen-bond acceptors (Lipinski definition) is 3. The van der Waals surface area contributed by atoms with Gasteiger partial charge in [0.15, 0.2) is 0 Å². The molecule has 4 nitrogen and oxygen atoms in total. The van der Waals surface area contributed by atoms with Gasteiger partial charge in [-0.25, -0.2) is 0 Å². The normalized spacial score (nSPS) is 31.8. The molecule has 108 valence electrons. The first kappa shape index (κ1) is 13.4. The second kappa shape index (κ2) is 4.18. The molecule has 1 aromatic rings. The molecule has 1 spiro atoms. The quantitative estimate of drug-likeness (QED) is 0.869. The minimum Gasteiger partial charge on any atom is -0.349 e. The highest BCUT2D eigenvalue weighted by atomic mass is 19.4. The number of alkyl halides is 3. The highest BCUT2D eigenvalue weighted by Crippen LogP contribution is 2.59. The lowest BCUT2D eigenvalue weighted by Crippen LogP contribution is -2.47. The fourth-order valence-corrected chi connectivity index (χ4v) is 2.86. The number of hydrogen-bond donors (Lipinski definition) is 2. The van der Waals surface area contributed by atoms with Gasteiger partial charge in [-0.1, -0.05) is 0 Å². The van der Waals surface area contributed by atoms with Crippen molar-refractivity contribution in [1.82, 2.24) is 10.3 Å². The van der Waals surface area contributed by atoms with Crippen LogP contribution in [0, 0.1) is 5.41 Å². The van der Waals surface area contributed by atoms with E-state index in [0.29, 0.717) is 6.20 Å². The SMILES string of the molecule is NC1CC12CC(NC(=O)c1cncc(C(F)(F)F)c1)C2. The van der Waals surface area contributed by atoms with Crippen LogP contribution in [0.25, 0.3) is 0 Å². The lowest BCUT2D eigenvalue weighted by Gasteiger charge is -2.37. The summed E-state index contributed by atoms with van der Waals surface area (Å²) in [5, 5.41) is 2.73. The van der Waals surface area contributed by atoms with Gasteiger partial charge in [0.2, 0.25) is 0 Å². The van der Waals surface area contributed by atoms with E-state index < -0.39 is 17.6 Å². The maximum atomic E-state index is 12.5. The number of pyridine rings is 1. The summed E-state index contributed by atoms with van der Waals surface area (Å²) in [4.78, 5) is 15.4. The van der Waals surface area contributed by atoms with Crippen LogP contribution in [0.1, 0.15) is 35.2 Å². The molecule has 0 bridgehead atoms. The molecule has 1 aromatic heterocycles. The summed E-state index contributed by atoms with van der Waals surface area (Å²) in [7, 11) is 0. The molecule has 20 heavy (non-hydrogen) atoms. The molecule has 2 aliphatic rings. The van der Waals surface area contributed by atoms with Crippen LogP contribution < -0.4 is 11.1 Å². The summed E-state index contributed by atoms with van der Waals surface area (Å²) in [6, 6.07) is 1.04. The zero-order valence-electron chi connectivity index (χ0n) is 10.6. The first-order valence-electron chi connectivity index (χ1n) is 6.39. The van der Waals surface area contributed by atoms with Crippen molar-refractivity contribution < 1.29 is 18.0 Å². The van der Waals surface area contributed by atoms with Gasteiger partial charge in [0, 0.05) is 24.5 Å². The fraction of sp³-hybridized carbons (Fsp3) is 0.538. The number of halogens is 3. The minimum absolute atomic E-state index is 0.00518. The standard InChI is InChI=1S/C13H14F3N3O/c14-13(15,16)8-1-7(5-18-6-8)11(20)19-9-2-12(3-9)4-10(12)17/h1,5-6,9-10H,2-4,17H2,(H,19,20). The van der Waals surface area contributed by atoms with Crippen molar-refractivity contribution in [3.63, 3.8) is 0 Å². The molecule has 7 heteroatoms. The lowest BCUT2D eigenvalue weighted by atomic mass is 9.76. The second-order valence-corrected chi connectivity index (χ2v) is 5.71. The molecule has 1 unspecified atom stereocenters. The Balaban J connectivity index is 1.63. The van der Waals surface area contributed by atoms with E-state index in [4.69, 9.17) is 5.73 Å². The molecule has 0 saturated heterocycles. The predicted octanol–water partition coefficient (Wildman–Crippen LogP) is 1.71. The zero-order valence-corrected chi connectivity index (χ0v) is 10.6. The number of carbonyl (C=O) groups is 1. The van der Waals surface area contributed by atoms with Crippen molar-refractivity contribution in [2.75, 3.05) is 0 Å². The van der Waals surface area contributed by atoms with E-state index in [-0.39, 0.29) is 23.1 Å². The number of nitrogens with two attached hydrogens (primary N) is 1. The lowest BCUT2D eigenvalue weighted by molar-refractivity contribution is -0.137. The van der Waals surface area contributed by atoms with Gasteiger partial charge in [0.05, 0.1) is 11.1 Å². The Kier molecular flexibility index (Phi) is 2.79. The number of aromatic nitrogens is 1. The number of nitrogens with zero attached hydrogens (tertiary/aromatic N) is 1. The third-order valence-electron chi connectivity index (χ3n) is 4.22. The number of nitrogens with one attached hydrogen (secondary N) is 1. The van der Waals surface area contributed by atoms with Crippen LogP contribution in [0.2, 0.25) is 0 Å². The molecule has 0 radical (unpaired) electrons. The molecule has 1 heterocycles. The maximum absolute atomic E-state index is 12.5. The van der Waals surface area contributed by atoms with Gasteiger partial charge in [-0.15, -0.1) is 0 Å². The number of rotatable bonds is 2. The van der Waals surface area contributed by atoms with Gasteiger partial charge in [-0.3, -0.25) is 9.78 Å². The van der Waals surface area contributed by atoms with Gasteiger partial charge in [-0.05, 0) is 30.7 Å². The fourth-order valence-electron chi connectivity index (χ4n) is 2.86. The molecule has 2 aliphatic carbocycles. The molecule has 1 atom stereocenters. The average Bonchev–Trinajstić information content (AvgIpc) is 2.99. The Hall–Kier alpha value is -1.63. The smallest absolute Gasteiger partial charge is 0.349 e. The highest BCUT2D eigenvalue weighted by molar-refractivity contribution is 5.94. The van der Waals surface area contributed by atoms with Crippen LogP contribution in [0.3, 0.4) is 0 Å². The molecule has 0 aliphatic heterocycles. The van der Waals surface area contributed by atoms with Crippen LogP contribution >= 0.6 is 0 Å². The van der Waals surface area contributed by atoms with E-state index in [0.717, 1.165) is 31.5 Å². The van der Waals surface area contributed by atoms with Crippen LogP contribution in [0.15, 0.2) is 18.5 Å². The van der Waals surface area contributed by atoms with Crippen LogP contribution in [0.4, 0.5) is 13.2 Å². The Bertz CT molecular complexity index is 552. The first-order chi connectivity index (χ1) is 9.30. The third-order valence-corrected chi connectivity index (χ3v) is 4.22. The summed E-state index contributed by atoms with van der Waals surface area (Å²) in [5.41, 5.74) is 4.99. The van der Waals surface area contributed by atoms with E-state index in [2.05, 4.69) is 10.3 Å². The van der Waals surface area contributed by atoms with Crippen molar-refractivity contribution in [2.45, 2.75) is 37.5 Å². The summed E-state index contributed by atoms with van der Waals surface area (Å²) in [6.07, 6.45) is -0.0477. The molecule has 2 fully saturated rings. The molecule has 3 N–H and O–H groups in total. The molecular weight excluding hydrogens is 271 g/mol. The maximum Gasteiger partial charge on any atom is 0.417 e. The largest absolute Gasteiger partial charge is 0.417 e. The summed E-state index contributed by atoms with van der Waals surface area (Å²) in [5.74, 6) is -0.516. The monoisotopic (exact) mass is 285 g/mol. The second-order valence-electron chi connectivity index (χ2n) is 5.71. The average molecular weight is 285 g/mol. The van der Waals surface area contributed by atoms with Gasteiger partial charge in [-0.2, -0.15) is 13.2 Å². The van der Waals surface area contributed by atoms with Crippen molar-refractivity contribution in [3.8, 4) is 0 Å². The molecular formula is C13H14F3N3O. The van der Waals surface area contributed by atoms with Gasteiger partial charge < -0.3 is 11.1 Å². The van der Waals surface area contributed by atoms with Crippen LogP contribution in [0.5, 0.6) is 0 Å². The number of amides is 1. The van der Waals surface area contributed by atoms with Gasteiger partial charge in [0.25, 0.3) is 5.91 Å². The minimum atomic E-state index is -4.50. The van der Waals surface area contributed by atoms with E-state index in [9.17, 15) is 18.0 Å². The van der Waals surface area contributed by atoms with Gasteiger partial charge >= 0.3 is 6.18 Å². The summed E-state index contributed by atoms with van der Waals surface area (Å²) in [6.45, 7) is 0. The predicted molar refractivity (Wildman–Crippen MR) is 64.8 cm³/mol. The summed E-state index contributed by atoms with van der Waals surface area (Å²) < 4.78 is 37.6. The number of carbonyl (C=O) groups excluding carboxylic acids is 1. The zero-order chi connectivity index (χ0) is 14.5. The van der Waals surface area contributed by atoms with Crippen LogP contribution in [-0.2, 0) is 6.18 Å². The molecule has 2 saturated carbocycles. The van der Waals surface area contributed by atoms with Crippen molar-refractivity contribution >= 4 is 5.91 Å². The van der Waals surface area contributed by atoms with E-state index in [1.165, 1.54) is 0 Å². The molecule has 0 aromatic carbocycles. The van der Waals surface area contributed by atoms with Gasteiger partial charge in [0.1, 0.15) is 0 Å². The Morgan fingerprint density at radius 3 is 2.55 bits per heavy atom. The third kappa shape index (κ3) is 2.26. The Labute approximate surface area is 113 Å². The van der Waals surface area contributed by atoms with Crippen molar-refractivity contribution in [2.24, 2.45) is 11.1 Å². The topological polar surface area (TPSA) is 68.0 Å². The van der Waals surface area contributed by atoms with Crippen molar-refractivity contribution in [1.29, 1.82) is 0 Å². The Morgan fingerprint density at radius 2 is 2.00 bits per heavy atom. The van der Waals surface area contributed by atoms with Crippen molar-refractivity contribution in [3.05, 3.63) is 29.6 Å². The van der Waals surface area contributed by atoms with E-state index >= 15 is 0 Å². The Morgan fingerprint density at radius 1 is 1.35 bits per heavy atom. The molecule has 3 rings (SSSR count). The van der Waals surface area contributed by atoms with E-state index in [1.807, 2.05) is 0 Å².